The summed E-state index contributed by atoms with van der Waals surface area (Å²) in [5, 5.41) is 4.08. The van der Waals surface area contributed by atoms with E-state index in [4.69, 9.17) is 16.4 Å². The summed E-state index contributed by atoms with van der Waals surface area (Å²) in [6.07, 6.45) is 0. The van der Waals surface area contributed by atoms with E-state index in [2.05, 4.69) is 5.16 Å². The van der Waals surface area contributed by atoms with Gasteiger partial charge >= 0.3 is 0 Å². The Morgan fingerprint density at radius 2 is 2.08 bits per heavy atom. The molecular formula is C9H10ClNO. The van der Waals surface area contributed by atoms with Crippen molar-refractivity contribution in [2.24, 2.45) is 5.16 Å². The van der Waals surface area contributed by atoms with Crippen LogP contribution in [0.4, 0.5) is 0 Å². The molecule has 0 bridgehead atoms. The molecule has 0 amide bonds. The van der Waals surface area contributed by atoms with Gasteiger partial charge in [0.1, 0.15) is 6.61 Å². The fraction of sp³-hybridized carbons (Fsp3) is 0.222. The summed E-state index contributed by atoms with van der Waals surface area (Å²) in [7, 11) is 0. The van der Waals surface area contributed by atoms with E-state index in [9.17, 15) is 0 Å². The molecule has 0 aliphatic rings. The minimum atomic E-state index is 0.387. The van der Waals surface area contributed by atoms with Gasteiger partial charge in [0.2, 0.25) is 0 Å². The number of halogens is 1. The molecule has 0 aliphatic carbocycles. The van der Waals surface area contributed by atoms with E-state index in [1.54, 1.807) is 0 Å². The number of hydrogen-bond acceptors (Lipinski definition) is 2. The molecule has 0 saturated carbocycles. The second kappa shape index (κ2) is 4.78. The van der Waals surface area contributed by atoms with Crippen molar-refractivity contribution in [3.63, 3.8) is 0 Å². The molecule has 1 aromatic rings. The number of nitrogens with zero attached hydrogens (tertiary/aromatic N) is 1. The van der Waals surface area contributed by atoms with Crippen molar-refractivity contribution in [2.75, 3.05) is 6.61 Å². The van der Waals surface area contributed by atoms with Crippen LogP contribution >= 0.6 is 11.6 Å². The Hall–Kier alpha value is -1.02. The van der Waals surface area contributed by atoms with Gasteiger partial charge in [0.25, 0.3) is 0 Å². The molecule has 1 rings (SSSR count). The molecule has 3 heteroatoms. The second-order valence-electron chi connectivity index (χ2n) is 2.17. The van der Waals surface area contributed by atoms with Crippen LogP contribution in [0.3, 0.4) is 0 Å². The topological polar surface area (TPSA) is 21.6 Å². The molecule has 0 radical (unpaired) electrons. The number of benzene rings is 1. The SMILES string of the molecule is CCON=C(Cl)c1ccccc1. The Morgan fingerprint density at radius 3 is 2.67 bits per heavy atom. The van der Waals surface area contributed by atoms with Crippen LogP contribution in [0.1, 0.15) is 12.5 Å². The maximum Gasteiger partial charge on any atom is 0.175 e. The van der Waals surface area contributed by atoms with E-state index in [-0.39, 0.29) is 0 Å². The molecular weight excluding hydrogens is 174 g/mol. The Morgan fingerprint density at radius 1 is 1.42 bits per heavy atom. The van der Waals surface area contributed by atoms with Gasteiger partial charge in [-0.15, -0.1) is 0 Å². The van der Waals surface area contributed by atoms with Gasteiger partial charge in [0.15, 0.2) is 5.17 Å². The predicted molar refractivity (Wildman–Crippen MR) is 50.5 cm³/mol. The van der Waals surface area contributed by atoms with E-state index in [1.165, 1.54) is 0 Å². The molecule has 64 valence electrons. The van der Waals surface area contributed by atoms with Crippen LogP contribution in [-0.4, -0.2) is 11.8 Å². The molecule has 0 N–H and O–H groups in total. The number of hydrogen-bond donors (Lipinski definition) is 0. The lowest BCUT2D eigenvalue weighted by atomic mass is 10.2. The molecule has 12 heavy (non-hydrogen) atoms. The first-order valence-electron chi connectivity index (χ1n) is 3.75. The first-order valence-corrected chi connectivity index (χ1v) is 4.13. The molecule has 0 aromatic heterocycles. The zero-order chi connectivity index (χ0) is 8.81. The summed E-state index contributed by atoms with van der Waals surface area (Å²) < 4.78 is 0. The molecule has 0 unspecified atom stereocenters. The van der Waals surface area contributed by atoms with Gasteiger partial charge < -0.3 is 4.84 Å². The fourth-order valence-electron chi connectivity index (χ4n) is 0.750. The van der Waals surface area contributed by atoms with E-state index >= 15 is 0 Å². The van der Waals surface area contributed by atoms with Gasteiger partial charge in [-0.05, 0) is 6.92 Å². The summed E-state index contributed by atoms with van der Waals surface area (Å²) in [6, 6.07) is 9.49. The fourth-order valence-corrected chi connectivity index (χ4v) is 0.924. The maximum atomic E-state index is 5.81. The van der Waals surface area contributed by atoms with Crippen LogP contribution in [0.15, 0.2) is 35.5 Å². The van der Waals surface area contributed by atoms with Gasteiger partial charge in [-0.3, -0.25) is 0 Å². The van der Waals surface area contributed by atoms with Crippen LogP contribution < -0.4 is 0 Å². The zero-order valence-corrected chi connectivity index (χ0v) is 7.58. The largest absolute Gasteiger partial charge is 0.395 e. The lowest BCUT2D eigenvalue weighted by Gasteiger charge is -1.96. The lowest BCUT2D eigenvalue weighted by molar-refractivity contribution is 0.160. The van der Waals surface area contributed by atoms with Crippen molar-refractivity contribution in [1.29, 1.82) is 0 Å². The Kier molecular flexibility index (Phi) is 3.61. The molecule has 0 atom stereocenters. The monoisotopic (exact) mass is 183 g/mol. The third-order valence-corrected chi connectivity index (χ3v) is 1.57. The average Bonchev–Trinajstić information content (AvgIpc) is 2.15. The van der Waals surface area contributed by atoms with Crippen molar-refractivity contribution >= 4 is 16.8 Å². The van der Waals surface area contributed by atoms with E-state index in [1.807, 2.05) is 37.3 Å². The average molecular weight is 184 g/mol. The summed E-state index contributed by atoms with van der Waals surface area (Å²) in [5.74, 6) is 0. The minimum absolute atomic E-state index is 0.387. The molecule has 2 nitrogen and oxygen atoms in total. The van der Waals surface area contributed by atoms with Crippen molar-refractivity contribution in [3.8, 4) is 0 Å². The van der Waals surface area contributed by atoms with Crippen LogP contribution in [0.25, 0.3) is 0 Å². The van der Waals surface area contributed by atoms with Crippen LogP contribution in [0, 0.1) is 0 Å². The highest BCUT2D eigenvalue weighted by Crippen LogP contribution is 2.04. The maximum absolute atomic E-state index is 5.81. The van der Waals surface area contributed by atoms with E-state index in [0.29, 0.717) is 11.8 Å². The Labute approximate surface area is 76.8 Å². The summed E-state index contributed by atoms with van der Waals surface area (Å²) >= 11 is 5.81. The third kappa shape index (κ3) is 2.55. The lowest BCUT2D eigenvalue weighted by Crippen LogP contribution is -1.92. The minimum Gasteiger partial charge on any atom is -0.395 e. The molecule has 0 saturated heterocycles. The normalized spacial score (nSPS) is 11.3. The van der Waals surface area contributed by atoms with Gasteiger partial charge in [-0.1, -0.05) is 47.1 Å². The van der Waals surface area contributed by atoms with Crippen molar-refractivity contribution in [3.05, 3.63) is 35.9 Å². The molecule has 0 spiro atoms. The van der Waals surface area contributed by atoms with Gasteiger partial charge in [0, 0.05) is 5.56 Å². The standard InChI is InChI=1S/C9H10ClNO/c1-2-12-11-9(10)8-6-4-3-5-7-8/h3-7H,2H2,1H3. The molecule has 0 heterocycles. The Bertz CT molecular complexity index is 258. The van der Waals surface area contributed by atoms with Gasteiger partial charge in [0.05, 0.1) is 0 Å². The molecule has 1 aromatic carbocycles. The van der Waals surface area contributed by atoms with Crippen LogP contribution in [0.5, 0.6) is 0 Å². The number of rotatable bonds is 3. The highest BCUT2D eigenvalue weighted by atomic mass is 35.5. The van der Waals surface area contributed by atoms with Crippen molar-refractivity contribution in [2.45, 2.75) is 6.92 Å². The highest BCUT2D eigenvalue weighted by molar-refractivity contribution is 6.69. The third-order valence-electron chi connectivity index (χ3n) is 1.29. The van der Waals surface area contributed by atoms with Gasteiger partial charge in [-0.2, -0.15) is 0 Å². The quantitative estimate of drug-likeness (QED) is 0.522. The second-order valence-corrected chi connectivity index (χ2v) is 2.52. The van der Waals surface area contributed by atoms with E-state index in [0.717, 1.165) is 5.56 Å². The zero-order valence-electron chi connectivity index (χ0n) is 6.83. The Balaban J connectivity index is 2.71. The highest BCUT2D eigenvalue weighted by Gasteiger charge is 1.97. The smallest absolute Gasteiger partial charge is 0.175 e. The van der Waals surface area contributed by atoms with Crippen molar-refractivity contribution < 1.29 is 4.84 Å². The first kappa shape index (κ1) is 9.07. The summed E-state index contributed by atoms with van der Waals surface area (Å²) in [4.78, 5) is 4.81. The first-order chi connectivity index (χ1) is 5.84. The summed E-state index contributed by atoms with van der Waals surface area (Å²) in [6.45, 7) is 2.39. The van der Waals surface area contributed by atoms with Crippen LogP contribution in [0.2, 0.25) is 0 Å². The summed E-state index contributed by atoms with van der Waals surface area (Å²) in [5.41, 5.74) is 0.868. The van der Waals surface area contributed by atoms with E-state index < -0.39 is 0 Å². The molecule has 0 fully saturated rings. The van der Waals surface area contributed by atoms with Crippen LogP contribution in [-0.2, 0) is 4.84 Å². The van der Waals surface area contributed by atoms with Gasteiger partial charge in [-0.25, -0.2) is 0 Å². The number of oxime groups is 1. The molecule has 0 aliphatic heterocycles. The predicted octanol–water partition coefficient (Wildman–Crippen LogP) is 2.62. The van der Waals surface area contributed by atoms with Crippen molar-refractivity contribution in [1.82, 2.24) is 0 Å².